The summed E-state index contributed by atoms with van der Waals surface area (Å²) in [6.07, 6.45) is 28.7. The van der Waals surface area contributed by atoms with Crippen LogP contribution in [0.4, 0.5) is 0 Å². The number of carbonyl (C=O) groups is 2. The predicted octanol–water partition coefficient (Wildman–Crippen LogP) is 10.0. The Morgan fingerprint density at radius 2 is 0.895 bits per heavy atom. The molecule has 0 saturated carbocycles. The van der Waals surface area contributed by atoms with E-state index in [-0.39, 0.29) is 18.9 Å². The van der Waals surface area contributed by atoms with Crippen molar-refractivity contribution in [2.45, 2.75) is 193 Å². The van der Waals surface area contributed by atoms with Crippen LogP contribution in [0.5, 0.6) is 0 Å². The normalized spacial score (nSPS) is 13.2. The molecule has 0 spiro atoms. The van der Waals surface area contributed by atoms with E-state index in [1.165, 1.54) is 103 Å². The molecule has 0 heterocycles. The second-order valence-corrected chi connectivity index (χ2v) is 11.6. The molecule has 0 bridgehead atoms. The summed E-state index contributed by atoms with van der Waals surface area (Å²) >= 11 is 0. The zero-order valence-electron chi connectivity index (χ0n) is 25.7. The molecule has 0 saturated heterocycles. The first-order valence-electron chi connectivity index (χ1n) is 16.7. The van der Waals surface area contributed by atoms with Gasteiger partial charge in [0.25, 0.3) is 0 Å². The summed E-state index contributed by atoms with van der Waals surface area (Å²) in [6, 6.07) is -0.443. The van der Waals surface area contributed by atoms with Gasteiger partial charge in [-0.3, -0.25) is 14.5 Å². The number of hydrogen-bond donors (Lipinski definition) is 2. The molecule has 2 N–H and O–H groups in total. The smallest absolute Gasteiger partial charge is 0.320 e. The molecule has 0 rings (SSSR count). The second-order valence-electron chi connectivity index (χ2n) is 11.6. The molecule has 0 aromatic carbocycles. The van der Waals surface area contributed by atoms with Crippen molar-refractivity contribution in [1.82, 2.24) is 4.90 Å². The van der Waals surface area contributed by atoms with E-state index < -0.39 is 18.0 Å². The average molecular weight is 540 g/mol. The summed E-state index contributed by atoms with van der Waals surface area (Å²) in [5.74, 6) is -1.76. The molecule has 0 aromatic heterocycles. The molecule has 0 aliphatic carbocycles. The molecular weight excluding hydrogens is 474 g/mol. The fourth-order valence-corrected chi connectivity index (χ4v) is 5.69. The lowest BCUT2D eigenvalue weighted by Crippen LogP contribution is -2.48. The van der Waals surface area contributed by atoms with Gasteiger partial charge in [-0.05, 0) is 32.2 Å². The van der Waals surface area contributed by atoms with Gasteiger partial charge >= 0.3 is 11.9 Å². The van der Waals surface area contributed by atoms with Gasteiger partial charge in [-0.2, -0.15) is 0 Å². The van der Waals surface area contributed by atoms with Crippen LogP contribution in [0.25, 0.3) is 0 Å². The largest absolute Gasteiger partial charge is 0.481 e. The number of nitrogens with zero attached hydrogens (tertiary/aromatic N) is 1. The zero-order valence-corrected chi connectivity index (χ0v) is 25.7. The van der Waals surface area contributed by atoms with Crippen LogP contribution in [0.2, 0.25) is 0 Å². The molecule has 38 heavy (non-hydrogen) atoms. The van der Waals surface area contributed by atoms with Gasteiger partial charge in [0.05, 0.1) is 0 Å². The van der Waals surface area contributed by atoms with Crippen LogP contribution in [0.1, 0.15) is 181 Å². The lowest BCUT2D eigenvalue weighted by atomic mass is 9.96. The quantitative estimate of drug-likeness (QED) is 0.0888. The first-order chi connectivity index (χ1) is 18.5. The SMILES string of the molecule is CCCCCCCCCCCCCCCC(CCCCCC)N(CCCCCC)[C@@H](CCC(=O)O)C(=O)O. The number of carboxylic acid groups (broad SMARTS) is 2. The minimum Gasteiger partial charge on any atom is -0.481 e. The Hall–Kier alpha value is -1.10. The van der Waals surface area contributed by atoms with E-state index in [1.807, 2.05) is 0 Å². The molecular formula is C33H65NO4. The highest BCUT2D eigenvalue weighted by molar-refractivity contribution is 5.75. The van der Waals surface area contributed by atoms with Crippen molar-refractivity contribution in [1.29, 1.82) is 0 Å². The van der Waals surface area contributed by atoms with Crippen molar-refractivity contribution < 1.29 is 19.8 Å². The highest BCUT2D eigenvalue weighted by Gasteiger charge is 2.31. The monoisotopic (exact) mass is 539 g/mol. The molecule has 0 aliphatic rings. The molecule has 0 aromatic rings. The summed E-state index contributed by atoms with van der Waals surface area (Å²) in [5.41, 5.74) is 0. The Labute approximate surface area is 236 Å². The van der Waals surface area contributed by atoms with Gasteiger partial charge in [0.2, 0.25) is 0 Å². The highest BCUT2D eigenvalue weighted by atomic mass is 16.4. The summed E-state index contributed by atoms with van der Waals surface area (Å²) < 4.78 is 0. The van der Waals surface area contributed by atoms with Crippen LogP contribution in [0, 0.1) is 0 Å². The summed E-state index contributed by atoms with van der Waals surface area (Å²) in [6.45, 7) is 7.45. The predicted molar refractivity (Wildman–Crippen MR) is 162 cm³/mol. The maximum Gasteiger partial charge on any atom is 0.320 e. The minimum atomic E-state index is -0.904. The Balaban J connectivity index is 4.76. The van der Waals surface area contributed by atoms with Crippen LogP contribution >= 0.6 is 0 Å². The molecule has 5 nitrogen and oxygen atoms in total. The van der Waals surface area contributed by atoms with E-state index in [0.29, 0.717) is 0 Å². The van der Waals surface area contributed by atoms with Crippen LogP contribution < -0.4 is 0 Å². The van der Waals surface area contributed by atoms with E-state index >= 15 is 0 Å². The maximum atomic E-state index is 12.3. The van der Waals surface area contributed by atoms with E-state index in [4.69, 9.17) is 0 Å². The molecule has 5 heteroatoms. The molecule has 1 unspecified atom stereocenters. The van der Waals surface area contributed by atoms with Crippen LogP contribution in [0.3, 0.4) is 0 Å². The second kappa shape index (κ2) is 27.5. The van der Waals surface area contributed by atoms with Crippen molar-refractivity contribution in [2.24, 2.45) is 0 Å². The zero-order chi connectivity index (χ0) is 28.3. The van der Waals surface area contributed by atoms with Crippen molar-refractivity contribution in [2.75, 3.05) is 6.54 Å². The van der Waals surface area contributed by atoms with Gasteiger partial charge in [-0.15, -0.1) is 0 Å². The standard InChI is InChI=1S/C33H65NO4/c1-4-7-10-13-14-15-16-17-18-19-20-21-23-26-30(25-22-11-8-5-2)34(29-24-12-9-6-3)31(33(37)38)27-28-32(35)36/h30-31H,4-29H2,1-3H3,(H,35,36)(H,37,38)/t30?,31-/m0/s1. The van der Waals surface area contributed by atoms with Crippen molar-refractivity contribution in [3.05, 3.63) is 0 Å². The topological polar surface area (TPSA) is 77.8 Å². The van der Waals surface area contributed by atoms with Crippen molar-refractivity contribution >= 4 is 11.9 Å². The Morgan fingerprint density at radius 1 is 0.526 bits per heavy atom. The van der Waals surface area contributed by atoms with Crippen LogP contribution in [-0.2, 0) is 9.59 Å². The van der Waals surface area contributed by atoms with Gasteiger partial charge in [-0.25, -0.2) is 0 Å². The minimum absolute atomic E-state index is 0.0796. The van der Waals surface area contributed by atoms with Crippen molar-refractivity contribution in [3.8, 4) is 0 Å². The third kappa shape index (κ3) is 21.8. The van der Waals surface area contributed by atoms with Gasteiger partial charge in [0.15, 0.2) is 0 Å². The molecule has 226 valence electrons. The summed E-state index contributed by atoms with van der Waals surface area (Å²) in [7, 11) is 0. The third-order valence-electron chi connectivity index (χ3n) is 8.09. The fraction of sp³-hybridized carbons (Fsp3) is 0.939. The number of rotatable bonds is 30. The molecule has 0 amide bonds. The van der Waals surface area contributed by atoms with E-state index in [2.05, 4.69) is 25.7 Å². The van der Waals surface area contributed by atoms with Gasteiger partial charge in [0.1, 0.15) is 6.04 Å². The van der Waals surface area contributed by atoms with E-state index in [0.717, 1.165) is 51.5 Å². The Morgan fingerprint density at radius 3 is 1.29 bits per heavy atom. The Kier molecular flexibility index (Phi) is 26.7. The average Bonchev–Trinajstić information content (AvgIpc) is 2.89. The highest BCUT2D eigenvalue weighted by Crippen LogP contribution is 2.24. The number of unbranched alkanes of at least 4 members (excludes halogenated alkanes) is 18. The van der Waals surface area contributed by atoms with Gasteiger partial charge < -0.3 is 10.2 Å². The Bertz CT molecular complexity index is 539. The number of aliphatic carboxylic acids is 2. The number of carboxylic acids is 2. The lowest BCUT2D eigenvalue weighted by Gasteiger charge is -2.36. The molecule has 0 fully saturated rings. The lowest BCUT2D eigenvalue weighted by molar-refractivity contribution is -0.145. The van der Waals surface area contributed by atoms with Crippen molar-refractivity contribution in [3.63, 3.8) is 0 Å². The first-order valence-corrected chi connectivity index (χ1v) is 16.7. The first kappa shape index (κ1) is 36.9. The fourth-order valence-electron chi connectivity index (χ4n) is 5.69. The van der Waals surface area contributed by atoms with Crippen LogP contribution in [-0.4, -0.2) is 45.7 Å². The molecule has 0 radical (unpaired) electrons. The summed E-state index contributed by atoms with van der Waals surface area (Å²) in [5, 5.41) is 19.3. The van der Waals surface area contributed by atoms with E-state index in [9.17, 15) is 19.8 Å². The molecule has 0 aliphatic heterocycles. The maximum absolute atomic E-state index is 12.3. The summed E-state index contributed by atoms with van der Waals surface area (Å²) in [4.78, 5) is 25.7. The van der Waals surface area contributed by atoms with Gasteiger partial charge in [0, 0.05) is 12.5 Å². The van der Waals surface area contributed by atoms with Crippen LogP contribution in [0.15, 0.2) is 0 Å². The third-order valence-corrected chi connectivity index (χ3v) is 8.09. The van der Waals surface area contributed by atoms with E-state index in [1.54, 1.807) is 0 Å². The van der Waals surface area contributed by atoms with Gasteiger partial charge in [-0.1, -0.05) is 149 Å². The number of hydrogen-bond acceptors (Lipinski definition) is 3. The molecule has 2 atom stereocenters.